The number of hydrogen-bond acceptors (Lipinski definition) is 2. The van der Waals surface area contributed by atoms with E-state index in [1.54, 1.807) is 0 Å². The van der Waals surface area contributed by atoms with Gasteiger partial charge in [-0.15, -0.1) is 4.91 Å². The third-order valence-corrected chi connectivity index (χ3v) is 4.89. The van der Waals surface area contributed by atoms with Crippen molar-refractivity contribution in [3.63, 3.8) is 0 Å². The van der Waals surface area contributed by atoms with Crippen LogP contribution in [-0.4, -0.2) is 6.54 Å². The normalized spacial score (nSPS) is 11.0. The molecule has 130 valence electrons. The summed E-state index contributed by atoms with van der Waals surface area (Å²) in [6, 6.07) is 19.9. The minimum Gasteiger partial charge on any atom is -0.274 e. The minimum absolute atomic E-state index is 0.702. The van der Waals surface area contributed by atoms with Crippen LogP contribution < -0.4 is 5.43 Å². The molecule has 1 N–H and O–H groups in total. The van der Waals surface area contributed by atoms with Crippen molar-refractivity contribution >= 4 is 21.5 Å². The fourth-order valence-electron chi connectivity index (χ4n) is 3.52. The van der Waals surface area contributed by atoms with Crippen molar-refractivity contribution in [3.8, 4) is 0 Å². The number of fused-ring (bicyclic) bond motifs is 2. The molecule has 0 bridgehead atoms. The molecule has 3 nitrogen and oxygen atoms in total. The van der Waals surface area contributed by atoms with Crippen molar-refractivity contribution in [2.75, 3.05) is 6.54 Å². The van der Waals surface area contributed by atoms with Gasteiger partial charge in [0.1, 0.15) is 0 Å². The number of benzene rings is 3. The van der Waals surface area contributed by atoms with E-state index in [1.807, 2.05) is 0 Å². The number of unbranched alkanes of at least 4 members (excludes halogenated alkanes) is 5. The van der Waals surface area contributed by atoms with Gasteiger partial charge in [-0.25, -0.2) is 0 Å². The summed E-state index contributed by atoms with van der Waals surface area (Å²) >= 11 is 0. The average Bonchev–Trinajstić information content (AvgIpc) is 2.65. The van der Waals surface area contributed by atoms with E-state index in [2.05, 4.69) is 65.3 Å². The van der Waals surface area contributed by atoms with Gasteiger partial charge in [-0.05, 0) is 58.5 Å². The van der Waals surface area contributed by atoms with Gasteiger partial charge in [-0.1, -0.05) is 68.1 Å². The van der Waals surface area contributed by atoms with Crippen LogP contribution in [0.4, 0.5) is 0 Å². The molecule has 0 unspecified atom stereocenters. The van der Waals surface area contributed by atoms with E-state index < -0.39 is 0 Å². The summed E-state index contributed by atoms with van der Waals surface area (Å²) < 4.78 is 0. The standard InChI is InChI=1S/C22H26N2O/c25-24-23-15-8-4-2-1-3-5-10-18-13-9-14-21-16-19-11-6-7-12-20(19)17-22(18)21/h6-7,9,11-14,16-17H,1-5,8,10,15H2,(H,23,25). The van der Waals surface area contributed by atoms with Gasteiger partial charge in [-0.3, -0.25) is 5.43 Å². The second-order valence-corrected chi connectivity index (χ2v) is 6.71. The molecule has 3 aromatic rings. The van der Waals surface area contributed by atoms with E-state index in [0.29, 0.717) is 6.54 Å². The lowest BCUT2D eigenvalue weighted by Gasteiger charge is -2.09. The second-order valence-electron chi connectivity index (χ2n) is 6.71. The molecule has 0 radical (unpaired) electrons. The van der Waals surface area contributed by atoms with Crippen LogP contribution in [0.5, 0.6) is 0 Å². The number of nitrogens with one attached hydrogen (secondary N) is 1. The molecule has 0 spiro atoms. The molecule has 0 heterocycles. The topological polar surface area (TPSA) is 41.5 Å². The predicted octanol–water partition coefficient (Wildman–Crippen LogP) is 6.15. The van der Waals surface area contributed by atoms with Gasteiger partial charge >= 0.3 is 0 Å². The molecule has 0 aliphatic rings. The second kappa shape index (κ2) is 9.16. The first-order valence-corrected chi connectivity index (χ1v) is 9.34. The van der Waals surface area contributed by atoms with Crippen molar-refractivity contribution in [1.82, 2.24) is 5.43 Å². The van der Waals surface area contributed by atoms with Crippen LogP contribution in [-0.2, 0) is 6.42 Å². The van der Waals surface area contributed by atoms with Crippen LogP contribution in [0.25, 0.3) is 21.5 Å². The van der Waals surface area contributed by atoms with Crippen LogP contribution >= 0.6 is 0 Å². The Hall–Kier alpha value is -2.42. The first-order chi connectivity index (χ1) is 12.4. The summed E-state index contributed by atoms with van der Waals surface area (Å²) in [5, 5.41) is 8.03. The fourth-order valence-corrected chi connectivity index (χ4v) is 3.52. The van der Waals surface area contributed by atoms with Gasteiger partial charge < -0.3 is 0 Å². The molecule has 0 aliphatic heterocycles. The summed E-state index contributed by atoms with van der Waals surface area (Å²) in [5.74, 6) is 0. The van der Waals surface area contributed by atoms with E-state index in [4.69, 9.17) is 0 Å². The number of hydrogen-bond donors (Lipinski definition) is 1. The monoisotopic (exact) mass is 334 g/mol. The summed E-state index contributed by atoms with van der Waals surface area (Å²) in [6.07, 6.45) is 8.35. The maximum atomic E-state index is 9.92. The van der Waals surface area contributed by atoms with Gasteiger partial charge in [0.05, 0.1) is 0 Å². The first kappa shape index (κ1) is 17.4. The molecule has 0 atom stereocenters. The van der Waals surface area contributed by atoms with Crippen LogP contribution in [0.3, 0.4) is 0 Å². The van der Waals surface area contributed by atoms with Crippen LogP contribution in [0.1, 0.15) is 44.1 Å². The van der Waals surface area contributed by atoms with Gasteiger partial charge in [0.2, 0.25) is 0 Å². The van der Waals surface area contributed by atoms with E-state index in [0.717, 1.165) is 12.8 Å². The highest BCUT2D eigenvalue weighted by Crippen LogP contribution is 2.26. The zero-order valence-electron chi connectivity index (χ0n) is 14.7. The van der Waals surface area contributed by atoms with Crippen LogP contribution in [0.15, 0.2) is 59.9 Å². The average molecular weight is 334 g/mol. The molecule has 0 saturated carbocycles. The van der Waals surface area contributed by atoms with Crippen molar-refractivity contribution in [1.29, 1.82) is 0 Å². The zero-order chi connectivity index (χ0) is 17.3. The lowest BCUT2D eigenvalue weighted by Crippen LogP contribution is -2.05. The maximum Gasteiger partial charge on any atom is 0.0496 e. The SMILES string of the molecule is O=NNCCCCCCCCc1cccc2cc3ccccc3cc12. The Kier molecular flexibility index (Phi) is 6.38. The lowest BCUT2D eigenvalue weighted by atomic mass is 9.96. The number of nitrogens with zero attached hydrogens (tertiary/aromatic N) is 1. The maximum absolute atomic E-state index is 9.92. The number of nitroso groups, excluding NO2 is 1. The predicted molar refractivity (Wildman–Crippen MR) is 107 cm³/mol. The van der Waals surface area contributed by atoms with Crippen molar-refractivity contribution < 1.29 is 0 Å². The molecule has 0 aromatic heterocycles. The van der Waals surface area contributed by atoms with Crippen molar-refractivity contribution in [2.45, 2.75) is 44.9 Å². The summed E-state index contributed by atoms with van der Waals surface area (Å²) in [5.41, 5.74) is 3.93. The van der Waals surface area contributed by atoms with Gasteiger partial charge in [-0.2, -0.15) is 0 Å². The Morgan fingerprint density at radius 3 is 2.20 bits per heavy atom. The highest BCUT2D eigenvalue weighted by molar-refractivity contribution is 5.99. The minimum atomic E-state index is 0.702. The van der Waals surface area contributed by atoms with Crippen molar-refractivity contribution in [3.05, 3.63) is 65.1 Å². The Morgan fingerprint density at radius 1 is 0.720 bits per heavy atom. The van der Waals surface area contributed by atoms with E-state index in [-0.39, 0.29) is 0 Å². The van der Waals surface area contributed by atoms with E-state index in [9.17, 15) is 4.91 Å². The molecule has 3 aromatic carbocycles. The number of rotatable bonds is 10. The molecule has 0 saturated heterocycles. The van der Waals surface area contributed by atoms with Crippen LogP contribution in [0, 0.1) is 4.91 Å². The Morgan fingerprint density at radius 2 is 1.40 bits per heavy atom. The van der Waals surface area contributed by atoms with Crippen molar-refractivity contribution in [2.24, 2.45) is 5.29 Å². The van der Waals surface area contributed by atoms with Gasteiger partial charge in [0, 0.05) is 11.8 Å². The molecule has 25 heavy (non-hydrogen) atoms. The highest BCUT2D eigenvalue weighted by Gasteiger charge is 2.03. The molecule has 0 fully saturated rings. The Bertz CT molecular complexity index is 828. The third-order valence-electron chi connectivity index (χ3n) is 4.89. The quantitative estimate of drug-likeness (QED) is 0.209. The lowest BCUT2D eigenvalue weighted by molar-refractivity contribution is 0.572. The Balaban J connectivity index is 1.53. The molecule has 3 heteroatoms. The van der Waals surface area contributed by atoms with Gasteiger partial charge in [0.15, 0.2) is 0 Å². The molecule has 0 aliphatic carbocycles. The largest absolute Gasteiger partial charge is 0.274 e. The molecule has 3 rings (SSSR count). The third kappa shape index (κ3) is 4.79. The smallest absolute Gasteiger partial charge is 0.0496 e. The molecule has 0 amide bonds. The Labute approximate surface area is 149 Å². The van der Waals surface area contributed by atoms with E-state index >= 15 is 0 Å². The summed E-state index contributed by atoms with van der Waals surface area (Å²) in [6.45, 7) is 0.702. The fraction of sp³-hybridized carbons (Fsp3) is 0.364. The van der Waals surface area contributed by atoms with E-state index in [1.165, 1.54) is 59.2 Å². The zero-order valence-corrected chi connectivity index (χ0v) is 14.7. The van der Waals surface area contributed by atoms with Crippen LogP contribution in [0.2, 0.25) is 0 Å². The summed E-state index contributed by atoms with van der Waals surface area (Å²) in [7, 11) is 0. The molecular formula is C22H26N2O. The highest BCUT2D eigenvalue weighted by atomic mass is 16.3. The first-order valence-electron chi connectivity index (χ1n) is 9.34. The molecular weight excluding hydrogens is 308 g/mol. The van der Waals surface area contributed by atoms with Gasteiger partial charge in [0.25, 0.3) is 0 Å². The summed E-state index contributed by atoms with van der Waals surface area (Å²) in [4.78, 5) is 9.92. The number of aryl methyl sites for hydroxylation is 1.